The molecule has 3 aromatic heterocycles. The van der Waals surface area contributed by atoms with E-state index < -0.39 is 0 Å². The number of hydrogen-bond donors (Lipinski definition) is 3. The quantitative estimate of drug-likeness (QED) is 0.538. The molecule has 2 saturated heterocycles. The summed E-state index contributed by atoms with van der Waals surface area (Å²) in [5.74, 6) is 1.65. The number of aliphatic hydroxyl groups excluding tert-OH is 1. The first-order chi connectivity index (χ1) is 15.9. The Morgan fingerprint density at radius 1 is 1.33 bits per heavy atom. The minimum absolute atomic E-state index is 0.0485. The molecule has 2 aliphatic heterocycles. The number of rotatable bonds is 4. The third-order valence-corrected chi connectivity index (χ3v) is 7.90. The molecule has 2 atom stereocenters. The van der Waals surface area contributed by atoms with Gasteiger partial charge in [0.2, 0.25) is 0 Å². The molecule has 5 heterocycles. The standard InChI is InChI=1S/C24H31ClN6O2/c1-14-10-18(30-8-5-24(6-9-30)13-33-15(2)21(24)26)31-16(12-32)11-29-23(31)19(14)17-4-7-28-22(27-3)20(17)25/h4,7,10-11,15,21,32H,5-6,8-9,12-13,26H2,1-3H3,(H,27,28). The summed E-state index contributed by atoms with van der Waals surface area (Å²) < 4.78 is 7.95. The van der Waals surface area contributed by atoms with Gasteiger partial charge in [0.05, 0.1) is 36.2 Å². The lowest BCUT2D eigenvalue weighted by Gasteiger charge is -2.42. The molecule has 176 valence electrons. The van der Waals surface area contributed by atoms with Gasteiger partial charge in [-0.25, -0.2) is 9.97 Å². The van der Waals surface area contributed by atoms with Crippen molar-refractivity contribution in [3.05, 3.63) is 40.8 Å². The van der Waals surface area contributed by atoms with Gasteiger partial charge in [-0.2, -0.15) is 0 Å². The summed E-state index contributed by atoms with van der Waals surface area (Å²) in [6, 6.07) is 4.15. The van der Waals surface area contributed by atoms with Crippen LogP contribution < -0.4 is 16.0 Å². The minimum atomic E-state index is -0.101. The predicted molar refractivity (Wildman–Crippen MR) is 131 cm³/mol. The molecular formula is C24H31ClN6O2. The fourth-order valence-corrected chi connectivity index (χ4v) is 5.77. The van der Waals surface area contributed by atoms with Crippen molar-refractivity contribution in [3.63, 3.8) is 0 Å². The van der Waals surface area contributed by atoms with Gasteiger partial charge in [0.1, 0.15) is 17.3 Å². The molecule has 4 N–H and O–H groups in total. The van der Waals surface area contributed by atoms with E-state index in [0.717, 1.165) is 66.4 Å². The monoisotopic (exact) mass is 470 g/mol. The summed E-state index contributed by atoms with van der Waals surface area (Å²) in [4.78, 5) is 11.4. The van der Waals surface area contributed by atoms with Gasteiger partial charge in [0.15, 0.2) is 0 Å². The zero-order valence-corrected chi connectivity index (χ0v) is 20.1. The van der Waals surface area contributed by atoms with Crippen molar-refractivity contribution in [2.45, 2.75) is 45.4 Å². The lowest BCUT2D eigenvalue weighted by molar-refractivity contribution is 0.0974. The maximum atomic E-state index is 10.1. The van der Waals surface area contributed by atoms with Crippen LogP contribution in [0.15, 0.2) is 24.5 Å². The first-order valence-electron chi connectivity index (χ1n) is 11.5. The third kappa shape index (κ3) is 3.47. The van der Waals surface area contributed by atoms with E-state index in [-0.39, 0.29) is 24.2 Å². The molecule has 2 aliphatic rings. The van der Waals surface area contributed by atoms with Crippen LogP contribution in [0.4, 0.5) is 11.6 Å². The molecule has 3 aromatic rings. The highest BCUT2D eigenvalue weighted by Gasteiger charge is 2.47. The van der Waals surface area contributed by atoms with E-state index in [1.807, 2.05) is 6.07 Å². The van der Waals surface area contributed by atoms with Gasteiger partial charge in [-0.15, -0.1) is 0 Å². The number of imidazole rings is 1. The van der Waals surface area contributed by atoms with Gasteiger partial charge in [-0.3, -0.25) is 4.40 Å². The molecule has 0 aliphatic carbocycles. The Bertz CT molecular complexity index is 1190. The number of aromatic nitrogens is 3. The molecule has 2 fully saturated rings. The smallest absolute Gasteiger partial charge is 0.146 e. The number of fused-ring (bicyclic) bond motifs is 1. The minimum Gasteiger partial charge on any atom is -0.390 e. The SMILES string of the molecule is CNc1nccc(-c2c(C)cc(N3CCC4(CC3)COC(C)C4N)n3c(CO)cnc23)c1Cl. The largest absolute Gasteiger partial charge is 0.390 e. The lowest BCUT2D eigenvalue weighted by atomic mass is 9.73. The molecule has 9 heteroatoms. The van der Waals surface area contributed by atoms with E-state index >= 15 is 0 Å². The summed E-state index contributed by atoms with van der Waals surface area (Å²) in [6.07, 6.45) is 5.54. The molecule has 2 unspecified atom stereocenters. The fourth-order valence-electron chi connectivity index (χ4n) is 5.47. The molecule has 0 saturated carbocycles. The average molecular weight is 471 g/mol. The van der Waals surface area contributed by atoms with Crippen molar-refractivity contribution in [2.24, 2.45) is 11.1 Å². The molecule has 1 spiro atoms. The summed E-state index contributed by atoms with van der Waals surface area (Å²) in [5, 5.41) is 13.7. The maximum absolute atomic E-state index is 10.1. The number of halogens is 1. The average Bonchev–Trinajstić information content (AvgIpc) is 3.37. The number of nitrogens with one attached hydrogen (secondary N) is 1. The molecule has 0 aromatic carbocycles. The predicted octanol–water partition coefficient (Wildman–Crippen LogP) is 3.22. The summed E-state index contributed by atoms with van der Waals surface area (Å²) >= 11 is 6.69. The van der Waals surface area contributed by atoms with Crippen molar-refractivity contribution in [1.82, 2.24) is 14.4 Å². The summed E-state index contributed by atoms with van der Waals surface area (Å²) in [7, 11) is 1.80. The summed E-state index contributed by atoms with van der Waals surface area (Å²) in [6.45, 7) is 6.53. The van der Waals surface area contributed by atoms with E-state index in [9.17, 15) is 5.11 Å². The zero-order chi connectivity index (χ0) is 23.3. The van der Waals surface area contributed by atoms with E-state index in [2.05, 4.69) is 39.5 Å². The second-order valence-corrected chi connectivity index (χ2v) is 9.67. The normalized spacial score (nSPS) is 22.4. The number of piperidine rings is 1. The second-order valence-electron chi connectivity index (χ2n) is 9.29. The van der Waals surface area contributed by atoms with Crippen LogP contribution in [0.1, 0.15) is 31.0 Å². The van der Waals surface area contributed by atoms with Gasteiger partial charge in [-0.05, 0) is 44.4 Å². The number of ether oxygens (including phenoxy) is 1. The first kappa shape index (κ1) is 22.4. The van der Waals surface area contributed by atoms with Crippen LogP contribution in [0.2, 0.25) is 5.02 Å². The van der Waals surface area contributed by atoms with E-state index in [1.165, 1.54) is 0 Å². The molecule has 33 heavy (non-hydrogen) atoms. The van der Waals surface area contributed by atoms with Gasteiger partial charge in [0, 0.05) is 48.9 Å². The Balaban J connectivity index is 1.58. The number of aryl methyl sites for hydroxylation is 1. The number of nitrogens with zero attached hydrogens (tertiary/aromatic N) is 4. The molecular weight excluding hydrogens is 440 g/mol. The van der Waals surface area contributed by atoms with Crippen LogP contribution in [0, 0.1) is 12.3 Å². The van der Waals surface area contributed by atoms with Crippen molar-refractivity contribution >= 4 is 28.9 Å². The number of aliphatic hydroxyl groups is 1. The van der Waals surface area contributed by atoms with Crippen LogP contribution in [-0.2, 0) is 11.3 Å². The summed E-state index contributed by atoms with van der Waals surface area (Å²) in [5.41, 5.74) is 11.0. The highest BCUT2D eigenvalue weighted by atomic mass is 35.5. The highest BCUT2D eigenvalue weighted by Crippen LogP contribution is 2.43. The van der Waals surface area contributed by atoms with Gasteiger partial charge >= 0.3 is 0 Å². The molecule has 0 bridgehead atoms. The van der Waals surface area contributed by atoms with Crippen LogP contribution in [-0.4, -0.2) is 58.4 Å². The van der Waals surface area contributed by atoms with E-state index in [1.54, 1.807) is 19.4 Å². The van der Waals surface area contributed by atoms with Crippen molar-refractivity contribution in [1.29, 1.82) is 0 Å². The number of hydrogen-bond acceptors (Lipinski definition) is 7. The van der Waals surface area contributed by atoms with Gasteiger partial charge in [0.25, 0.3) is 0 Å². The molecule has 0 amide bonds. The lowest BCUT2D eigenvalue weighted by Crippen LogP contribution is -2.51. The van der Waals surface area contributed by atoms with Crippen molar-refractivity contribution in [2.75, 3.05) is 37.0 Å². The fraction of sp³-hybridized carbons (Fsp3) is 0.500. The molecule has 5 rings (SSSR count). The molecule has 8 nitrogen and oxygen atoms in total. The van der Waals surface area contributed by atoms with Crippen LogP contribution in [0.3, 0.4) is 0 Å². The zero-order valence-electron chi connectivity index (χ0n) is 19.3. The van der Waals surface area contributed by atoms with Crippen molar-refractivity contribution < 1.29 is 9.84 Å². The molecule has 0 radical (unpaired) electrons. The second kappa shape index (κ2) is 8.43. The van der Waals surface area contributed by atoms with Crippen molar-refractivity contribution in [3.8, 4) is 11.1 Å². The number of pyridine rings is 2. The Labute approximate surface area is 198 Å². The van der Waals surface area contributed by atoms with Crippen LogP contribution in [0.25, 0.3) is 16.8 Å². The Morgan fingerprint density at radius 2 is 2.09 bits per heavy atom. The van der Waals surface area contributed by atoms with Gasteiger partial charge < -0.3 is 25.8 Å². The highest BCUT2D eigenvalue weighted by molar-refractivity contribution is 6.36. The maximum Gasteiger partial charge on any atom is 0.146 e. The Morgan fingerprint density at radius 3 is 2.73 bits per heavy atom. The third-order valence-electron chi connectivity index (χ3n) is 7.51. The van der Waals surface area contributed by atoms with Crippen LogP contribution in [0.5, 0.6) is 0 Å². The Kier molecular flexibility index (Phi) is 5.73. The first-order valence-corrected chi connectivity index (χ1v) is 11.8. The van der Waals surface area contributed by atoms with Crippen LogP contribution >= 0.6 is 11.6 Å². The van der Waals surface area contributed by atoms with E-state index in [0.29, 0.717) is 10.8 Å². The van der Waals surface area contributed by atoms with E-state index in [4.69, 9.17) is 27.1 Å². The van der Waals surface area contributed by atoms with Gasteiger partial charge in [-0.1, -0.05) is 11.6 Å². The number of anilines is 2. The Hall–Kier alpha value is -2.39. The number of nitrogens with two attached hydrogens (primary N) is 1. The topological polar surface area (TPSA) is 101 Å².